The van der Waals surface area contributed by atoms with Crippen LogP contribution in [0.15, 0.2) is 48.8 Å². The zero-order valence-electron chi connectivity index (χ0n) is 23.2. The quantitative estimate of drug-likeness (QED) is 0.396. The molecule has 3 aliphatic rings. The van der Waals surface area contributed by atoms with Crippen molar-refractivity contribution in [2.75, 3.05) is 62.7 Å². The monoisotopic (exact) mass is 544 g/mol. The van der Waals surface area contributed by atoms with E-state index in [1.54, 1.807) is 6.20 Å². The molecule has 2 atom stereocenters. The molecule has 0 saturated carbocycles. The van der Waals surface area contributed by atoms with E-state index in [-0.39, 0.29) is 12.3 Å². The van der Waals surface area contributed by atoms with Crippen molar-refractivity contribution in [2.24, 2.45) is 5.92 Å². The van der Waals surface area contributed by atoms with Crippen LogP contribution < -0.4 is 10.2 Å². The molecule has 2 aromatic heterocycles. The van der Waals surface area contributed by atoms with Gasteiger partial charge < -0.3 is 25.0 Å². The van der Waals surface area contributed by atoms with Gasteiger partial charge in [0, 0.05) is 62.4 Å². The molecule has 1 unspecified atom stereocenters. The van der Waals surface area contributed by atoms with Crippen LogP contribution >= 0.6 is 0 Å². The summed E-state index contributed by atoms with van der Waals surface area (Å²) in [6.07, 6.45) is 9.36. The highest BCUT2D eigenvalue weighted by Gasteiger charge is 2.27. The van der Waals surface area contributed by atoms with Crippen molar-refractivity contribution in [1.29, 1.82) is 0 Å². The SMILES string of the molecule is O=C(O)CC(CN1CC[C@@H](CCc2ccc3c(n2)NCCC3)C1)c1cc(N2CCOCC2)cc(-n2cccn2)c1. The highest BCUT2D eigenvalue weighted by molar-refractivity contribution is 5.68. The van der Waals surface area contributed by atoms with Gasteiger partial charge in [0.05, 0.1) is 25.3 Å². The number of morpholine rings is 1. The van der Waals surface area contributed by atoms with E-state index < -0.39 is 5.97 Å². The summed E-state index contributed by atoms with van der Waals surface area (Å²) in [6, 6.07) is 12.8. The van der Waals surface area contributed by atoms with E-state index in [0.717, 1.165) is 87.7 Å². The number of fused-ring (bicyclic) bond motifs is 1. The van der Waals surface area contributed by atoms with Gasteiger partial charge >= 0.3 is 5.97 Å². The molecule has 3 aromatic rings. The van der Waals surface area contributed by atoms with E-state index in [2.05, 4.69) is 50.5 Å². The number of aliphatic carboxylic acids is 1. The lowest BCUT2D eigenvalue weighted by atomic mass is 9.93. The molecule has 1 aromatic carbocycles. The van der Waals surface area contributed by atoms with Gasteiger partial charge in [0.15, 0.2) is 0 Å². The van der Waals surface area contributed by atoms with Crippen LogP contribution in [-0.4, -0.2) is 83.2 Å². The number of aryl methyl sites for hydroxylation is 2. The maximum Gasteiger partial charge on any atom is 0.304 e. The number of benzene rings is 1. The number of carboxylic acids is 1. The third-order valence-corrected chi connectivity index (χ3v) is 8.57. The summed E-state index contributed by atoms with van der Waals surface area (Å²) in [5, 5.41) is 17.8. The first-order valence-electron chi connectivity index (χ1n) is 14.8. The number of hydrogen-bond donors (Lipinski definition) is 2. The fraction of sp³-hybridized carbons (Fsp3) is 0.516. The van der Waals surface area contributed by atoms with E-state index in [1.165, 1.54) is 17.7 Å². The van der Waals surface area contributed by atoms with Crippen molar-refractivity contribution < 1.29 is 14.6 Å². The van der Waals surface area contributed by atoms with Crippen molar-refractivity contribution in [2.45, 2.75) is 44.4 Å². The highest BCUT2D eigenvalue weighted by atomic mass is 16.5. The maximum atomic E-state index is 12.0. The highest BCUT2D eigenvalue weighted by Crippen LogP contribution is 2.32. The average molecular weight is 545 g/mol. The number of nitrogens with one attached hydrogen (secondary N) is 1. The summed E-state index contributed by atoms with van der Waals surface area (Å²) < 4.78 is 7.44. The van der Waals surface area contributed by atoms with Gasteiger partial charge in [0.1, 0.15) is 5.82 Å². The average Bonchev–Trinajstić information content (AvgIpc) is 3.69. The van der Waals surface area contributed by atoms with Gasteiger partial charge in [-0.3, -0.25) is 4.79 Å². The van der Waals surface area contributed by atoms with Crippen molar-refractivity contribution in [3.63, 3.8) is 0 Å². The number of ether oxygens (including phenoxy) is 1. The molecule has 2 fully saturated rings. The van der Waals surface area contributed by atoms with E-state index in [1.807, 2.05) is 16.9 Å². The molecule has 0 amide bonds. The second kappa shape index (κ2) is 12.4. The summed E-state index contributed by atoms with van der Waals surface area (Å²) in [7, 11) is 0. The number of hydrogen-bond acceptors (Lipinski definition) is 7. The third-order valence-electron chi connectivity index (χ3n) is 8.57. The number of anilines is 2. The molecule has 9 nitrogen and oxygen atoms in total. The lowest BCUT2D eigenvalue weighted by molar-refractivity contribution is -0.137. The Morgan fingerprint density at radius 3 is 2.85 bits per heavy atom. The number of aromatic nitrogens is 3. The predicted molar refractivity (Wildman–Crippen MR) is 156 cm³/mol. The van der Waals surface area contributed by atoms with E-state index in [4.69, 9.17) is 9.72 Å². The third kappa shape index (κ3) is 6.47. The number of rotatable bonds is 10. The summed E-state index contributed by atoms with van der Waals surface area (Å²) in [5.74, 6) is 0.822. The number of carbonyl (C=O) groups is 1. The maximum absolute atomic E-state index is 12.0. The molecule has 2 saturated heterocycles. The molecule has 212 valence electrons. The number of likely N-dealkylation sites (tertiary alicyclic amines) is 1. The zero-order valence-corrected chi connectivity index (χ0v) is 23.2. The standard InChI is InChI=1S/C31H40N6O3/c38-30(39)19-26(25-17-28(36-13-15-40-16-14-36)20-29(18-25)37-11-2-10-33-37)22-35-12-8-23(21-35)4-6-27-7-5-24-3-1-9-32-31(24)34-27/h2,5,7,10-11,17-18,20,23,26H,1,3-4,6,8-9,12-16,19,21-22H2,(H,32,34)(H,38,39)/t23-,26?/m1/s1. The molecule has 0 aliphatic carbocycles. The first-order valence-corrected chi connectivity index (χ1v) is 14.8. The zero-order chi connectivity index (χ0) is 27.3. The van der Waals surface area contributed by atoms with Crippen LogP contribution in [0.4, 0.5) is 11.5 Å². The lowest BCUT2D eigenvalue weighted by Gasteiger charge is -2.31. The minimum atomic E-state index is -0.759. The molecule has 0 bridgehead atoms. The normalized spacial score (nSPS) is 20.2. The lowest BCUT2D eigenvalue weighted by Crippen LogP contribution is -2.36. The van der Waals surface area contributed by atoms with Crippen molar-refractivity contribution in [3.05, 3.63) is 65.6 Å². The smallest absolute Gasteiger partial charge is 0.304 e. The van der Waals surface area contributed by atoms with Crippen molar-refractivity contribution in [3.8, 4) is 5.69 Å². The molecule has 0 radical (unpaired) electrons. The van der Waals surface area contributed by atoms with Crippen molar-refractivity contribution >= 4 is 17.5 Å². The van der Waals surface area contributed by atoms with Gasteiger partial charge in [-0.2, -0.15) is 5.10 Å². The fourth-order valence-corrected chi connectivity index (χ4v) is 6.40. The predicted octanol–water partition coefficient (Wildman–Crippen LogP) is 3.98. The molecule has 2 N–H and O–H groups in total. The Balaban J connectivity index is 1.14. The number of nitrogens with zero attached hydrogens (tertiary/aromatic N) is 5. The molecule has 6 rings (SSSR count). The summed E-state index contributed by atoms with van der Waals surface area (Å²) in [5.41, 5.74) is 5.63. The fourth-order valence-electron chi connectivity index (χ4n) is 6.40. The Kier molecular flexibility index (Phi) is 8.29. The molecular formula is C31H40N6O3. The first kappa shape index (κ1) is 26.8. The second-order valence-electron chi connectivity index (χ2n) is 11.4. The second-order valence-corrected chi connectivity index (χ2v) is 11.4. The molecule has 9 heteroatoms. The summed E-state index contributed by atoms with van der Waals surface area (Å²) in [4.78, 5) is 21.7. The van der Waals surface area contributed by atoms with Crippen LogP contribution in [0.5, 0.6) is 0 Å². The Morgan fingerprint density at radius 1 is 1.15 bits per heavy atom. The summed E-state index contributed by atoms with van der Waals surface area (Å²) in [6.45, 7) is 6.83. The largest absolute Gasteiger partial charge is 0.481 e. The minimum Gasteiger partial charge on any atom is -0.481 e. The Bertz CT molecular complexity index is 1290. The molecular weight excluding hydrogens is 504 g/mol. The van der Waals surface area contributed by atoms with E-state index >= 15 is 0 Å². The molecule has 40 heavy (non-hydrogen) atoms. The number of pyridine rings is 1. The van der Waals surface area contributed by atoms with Crippen molar-refractivity contribution in [1.82, 2.24) is 19.7 Å². The first-order chi connectivity index (χ1) is 19.6. The van der Waals surface area contributed by atoms with Gasteiger partial charge in [-0.1, -0.05) is 6.07 Å². The van der Waals surface area contributed by atoms with Crippen LogP contribution in [0.25, 0.3) is 5.69 Å². The Labute approximate surface area is 236 Å². The number of carboxylic acid groups (broad SMARTS) is 1. The van der Waals surface area contributed by atoms with Crippen LogP contribution in [0.3, 0.4) is 0 Å². The van der Waals surface area contributed by atoms with Crippen LogP contribution in [0.2, 0.25) is 0 Å². The minimum absolute atomic E-state index is 0.0973. The molecule has 0 spiro atoms. The van der Waals surface area contributed by atoms with Gasteiger partial charge in [0.25, 0.3) is 0 Å². The topological polar surface area (TPSA) is 95.7 Å². The Hall–Kier alpha value is -3.43. The van der Waals surface area contributed by atoms with Crippen LogP contribution in [0, 0.1) is 5.92 Å². The summed E-state index contributed by atoms with van der Waals surface area (Å²) >= 11 is 0. The molecule has 3 aliphatic heterocycles. The van der Waals surface area contributed by atoms with Crippen LogP contribution in [-0.2, 0) is 22.4 Å². The van der Waals surface area contributed by atoms with E-state index in [9.17, 15) is 9.90 Å². The van der Waals surface area contributed by atoms with Gasteiger partial charge in [0.2, 0.25) is 0 Å². The van der Waals surface area contributed by atoms with E-state index in [0.29, 0.717) is 19.1 Å². The Morgan fingerprint density at radius 2 is 2.02 bits per heavy atom. The van der Waals surface area contributed by atoms with Gasteiger partial charge in [-0.15, -0.1) is 0 Å². The molecule has 5 heterocycles. The van der Waals surface area contributed by atoms with Crippen LogP contribution in [0.1, 0.15) is 48.4 Å². The van der Waals surface area contributed by atoms with Gasteiger partial charge in [-0.05, 0) is 86.0 Å². The van der Waals surface area contributed by atoms with Gasteiger partial charge in [-0.25, -0.2) is 9.67 Å².